The van der Waals surface area contributed by atoms with Crippen LogP contribution in [0.15, 0.2) is 47.7 Å². The molecule has 104 valence electrons. The van der Waals surface area contributed by atoms with Gasteiger partial charge in [-0.15, -0.1) is 0 Å². The number of hydrogen-bond acceptors (Lipinski definition) is 3. The van der Waals surface area contributed by atoms with Gasteiger partial charge in [0.25, 0.3) is 0 Å². The van der Waals surface area contributed by atoms with Crippen LogP contribution in [0, 0.1) is 0 Å². The summed E-state index contributed by atoms with van der Waals surface area (Å²) in [6.07, 6.45) is -1.68. The van der Waals surface area contributed by atoms with Gasteiger partial charge in [-0.05, 0) is 23.8 Å². The van der Waals surface area contributed by atoms with Gasteiger partial charge in [-0.25, -0.2) is 0 Å². The monoisotopic (exact) mass is 282 g/mol. The van der Waals surface area contributed by atoms with Gasteiger partial charge in [0.05, 0.1) is 11.8 Å². The lowest BCUT2D eigenvalue weighted by atomic mass is 9.98. The number of aldehydes is 2. The van der Waals surface area contributed by atoms with Crippen LogP contribution < -0.4 is 0 Å². The van der Waals surface area contributed by atoms with Crippen LogP contribution in [0.5, 0.6) is 0 Å². The summed E-state index contributed by atoms with van der Waals surface area (Å²) >= 11 is 0. The van der Waals surface area contributed by atoms with Crippen molar-refractivity contribution in [3.8, 4) is 0 Å². The molecule has 1 atom stereocenters. The van der Waals surface area contributed by atoms with E-state index in [0.29, 0.717) is 18.1 Å². The lowest BCUT2D eigenvalue weighted by Gasteiger charge is -2.21. The van der Waals surface area contributed by atoms with Gasteiger partial charge in [0.1, 0.15) is 6.29 Å². The summed E-state index contributed by atoms with van der Waals surface area (Å²) in [6.45, 7) is 0. The van der Waals surface area contributed by atoms with Crippen LogP contribution in [0.4, 0.5) is 13.2 Å². The smallest absolute Gasteiger partial charge is 0.416 e. The first-order valence-electron chi connectivity index (χ1n) is 5.60. The van der Waals surface area contributed by atoms with Crippen molar-refractivity contribution in [2.24, 2.45) is 0 Å². The van der Waals surface area contributed by atoms with Crippen LogP contribution in [-0.4, -0.2) is 12.6 Å². The fourth-order valence-electron chi connectivity index (χ4n) is 1.80. The molecular formula is C14H9F3O3. The molecule has 3 nitrogen and oxygen atoms in total. The first-order valence-corrected chi connectivity index (χ1v) is 5.60. The second-order valence-corrected chi connectivity index (χ2v) is 4.13. The number of alkyl halides is 3. The Morgan fingerprint density at radius 1 is 1.05 bits per heavy atom. The molecular weight excluding hydrogens is 273 g/mol. The van der Waals surface area contributed by atoms with E-state index in [1.165, 1.54) is 24.5 Å². The third-order valence-corrected chi connectivity index (χ3v) is 2.79. The van der Waals surface area contributed by atoms with Gasteiger partial charge in [0, 0.05) is 11.1 Å². The van der Waals surface area contributed by atoms with Crippen molar-refractivity contribution in [1.82, 2.24) is 0 Å². The molecule has 1 unspecified atom stereocenters. The van der Waals surface area contributed by atoms with E-state index >= 15 is 0 Å². The maximum atomic E-state index is 12.5. The fraction of sp³-hybridized carbons (Fsp3) is 0.143. The van der Waals surface area contributed by atoms with E-state index in [2.05, 4.69) is 0 Å². The zero-order valence-corrected chi connectivity index (χ0v) is 10.1. The molecule has 1 aromatic rings. The quantitative estimate of drug-likeness (QED) is 0.800. The van der Waals surface area contributed by atoms with Crippen LogP contribution in [0.25, 0.3) is 0 Å². The lowest BCUT2D eigenvalue weighted by molar-refractivity contribution is -0.137. The molecule has 1 aliphatic heterocycles. The van der Waals surface area contributed by atoms with E-state index < -0.39 is 17.8 Å². The Morgan fingerprint density at radius 3 is 2.20 bits per heavy atom. The number of hydrogen-bond donors (Lipinski definition) is 0. The topological polar surface area (TPSA) is 43.4 Å². The molecule has 0 aromatic heterocycles. The molecule has 1 aliphatic rings. The standard InChI is InChI=1S/C14H9F3O3/c15-14(16,17)12-3-1-10(2-4-12)13-11(7-19)5-9(6-18)8-20-13/h1-8,13H. The Morgan fingerprint density at radius 2 is 1.70 bits per heavy atom. The molecule has 0 radical (unpaired) electrons. The van der Waals surface area contributed by atoms with Crippen molar-refractivity contribution >= 4 is 12.6 Å². The zero-order valence-electron chi connectivity index (χ0n) is 10.1. The van der Waals surface area contributed by atoms with E-state index in [0.717, 1.165) is 12.1 Å². The molecule has 6 heteroatoms. The van der Waals surface area contributed by atoms with E-state index in [1.807, 2.05) is 0 Å². The van der Waals surface area contributed by atoms with Gasteiger partial charge < -0.3 is 4.74 Å². The van der Waals surface area contributed by atoms with Crippen molar-refractivity contribution in [2.45, 2.75) is 12.3 Å². The van der Waals surface area contributed by atoms with Crippen LogP contribution >= 0.6 is 0 Å². The summed E-state index contributed by atoms with van der Waals surface area (Å²) in [5.41, 5.74) is -0.0139. The summed E-state index contributed by atoms with van der Waals surface area (Å²) in [5, 5.41) is 0. The number of carbonyl (C=O) groups excluding carboxylic acids is 2. The van der Waals surface area contributed by atoms with Gasteiger partial charge >= 0.3 is 6.18 Å². The molecule has 0 saturated carbocycles. The lowest BCUT2D eigenvalue weighted by Crippen LogP contribution is -2.11. The minimum absolute atomic E-state index is 0.175. The molecule has 2 rings (SSSR count). The predicted octanol–water partition coefficient (Wildman–Crippen LogP) is 2.98. The Bertz CT molecular complexity index is 583. The maximum absolute atomic E-state index is 12.5. The largest absolute Gasteiger partial charge is 0.488 e. The van der Waals surface area contributed by atoms with Gasteiger partial charge in [0.15, 0.2) is 12.4 Å². The van der Waals surface area contributed by atoms with Gasteiger partial charge in [-0.1, -0.05) is 12.1 Å². The summed E-state index contributed by atoms with van der Waals surface area (Å²) in [6, 6.07) is 4.31. The highest BCUT2D eigenvalue weighted by atomic mass is 19.4. The van der Waals surface area contributed by atoms with Gasteiger partial charge in [-0.3, -0.25) is 9.59 Å². The molecule has 0 N–H and O–H groups in total. The summed E-state index contributed by atoms with van der Waals surface area (Å²) in [4.78, 5) is 21.5. The number of benzene rings is 1. The van der Waals surface area contributed by atoms with Crippen molar-refractivity contribution in [2.75, 3.05) is 0 Å². The molecule has 0 saturated heterocycles. The SMILES string of the molecule is O=CC1=COC(c2ccc(C(F)(F)F)cc2)C(C=O)=C1. The normalized spacial score (nSPS) is 18.6. The molecule has 1 aromatic carbocycles. The number of allylic oxidation sites excluding steroid dienone is 2. The highest BCUT2D eigenvalue weighted by Crippen LogP contribution is 2.33. The number of carbonyl (C=O) groups is 2. The summed E-state index contributed by atoms with van der Waals surface area (Å²) in [7, 11) is 0. The van der Waals surface area contributed by atoms with Crippen LogP contribution in [0.1, 0.15) is 17.2 Å². The van der Waals surface area contributed by atoms with Crippen LogP contribution in [0.3, 0.4) is 0 Å². The molecule has 0 spiro atoms. The minimum Gasteiger partial charge on any atom is -0.488 e. The highest BCUT2D eigenvalue weighted by molar-refractivity contribution is 5.84. The third kappa shape index (κ3) is 2.79. The van der Waals surface area contributed by atoms with E-state index in [1.54, 1.807) is 0 Å². The minimum atomic E-state index is -4.42. The number of halogens is 3. The summed E-state index contributed by atoms with van der Waals surface area (Å²) in [5.74, 6) is 0. The zero-order chi connectivity index (χ0) is 14.8. The highest BCUT2D eigenvalue weighted by Gasteiger charge is 2.30. The van der Waals surface area contributed by atoms with Crippen molar-refractivity contribution in [3.63, 3.8) is 0 Å². The van der Waals surface area contributed by atoms with Crippen LogP contribution in [-0.2, 0) is 20.5 Å². The first-order chi connectivity index (χ1) is 9.45. The Kier molecular flexibility index (Phi) is 3.74. The fourth-order valence-corrected chi connectivity index (χ4v) is 1.80. The molecule has 0 bridgehead atoms. The first kappa shape index (κ1) is 14.0. The Labute approximate surface area is 112 Å². The molecule has 0 fully saturated rings. The Hall–Kier alpha value is -2.37. The van der Waals surface area contributed by atoms with Crippen molar-refractivity contribution in [1.29, 1.82) is 0 Å². The molecule has 0 amide bonds. The molecule has 0 aliphatic carbocycles. The number of ether oxygens (including phenoxy) is 1. The van der Waals surface area contributed by atoms with E-state index in [-0.39, 0.29) is 11.1 Å². The maximum Gasteiger partial charge on any atom is 0.416 e. The molecule has 20 heavy (non-hydrogen) atoms. The van der Waals surface area contributed by atoms with Crippen molar-refractivity contribution < 1.29 is 27.5 Å². The molecule has 1 heterocycles. The number of rotatable bonds is 3. The van der Waals surface area contributed by atoms with Crippen molar-refractivity contribution in [3.05, 3.63) is 58.9 Å². The van der Waals surface area contributed by atoms with E-state index in [4.69, 9.17) is 4.74 Å². The third-order valence-electron chi connectivity index (χ3n) is 2.79. The second kappa shape index (κ2) is 5.32. The van der Waals surface area contributed by atoms with Crippen LogP contribution in [0.2, 0.25) is 0 Å². The Balaban J connectivity index is 2.29. The van der Waals surface area contributed by atoms with Gasteiger partial charge in [0.2, 0.25) is 0 Å². The predicted molar refractivity (Wildman–Crippen MR) is 63.6 cm³/mol. The summed E-state index contributed by atoms with van der Waals surface area (Å²) < 4.78 is 42.6. The van der Waals surface area contributed by atoms with E-state index in [9.17, 15) is 22.8 Å². The second-order valence-electron chi connectivity index (χ2n) is 4.13. The van der Waals surface area contributed by atoms with Gasteiger partial charge in [-0.2, -0.15) is 13.2 Å². The average Bonchev–Trinajstić information content (AvgIpc) is 2.45. The average molecular weight is 282 g/mol.